The molecule has 1 fully saturated rings. The highest BCUT2D eigenvalue weighted by molar-refractivity contribution is 7.89. The Hall–Kier alpha value is -1.64. The third-order valence-electron chi connectivity index (χ3n) is 4.40. The Morgan fingerprint density at radius 2 is 1.96 bits per heavy atom. The number of rotatable bonds is 5. The molecule has 0 bridgehead atoms. The molecule has 0 N–H and O–H groups in total. The molecule has 2 heterocycles. The molecule has 1 aliphatic heterocycles. The van der Waals surface area contributed by atoms with Crippen LogP contribution in [0.4, 0.5) is 0 Å². The highest BCUT2D eigenvalue weighted by Crippen LogP contribution is 2.20. The molecule has 1 aromatic heterocycles. The summed E-state index contributed by atoms with van der Waals surface area (Å²) in [7, 11) is -0.422. The number of benzene rings is 1. The van der Waals surface area contributed by atoms with E-state index < -0.39 is 15.8 Å². The Kier molecular flexibility index (Phi) is 4.31. The van der Waals surface area contributed by atoms with E-state index >= 15 is 0 Å². The van der Waals surface area contributed by atoms with Gasteiger partial charge in [0.25, 0.3) is 0 Å². The van der Waals surface area contributed by atoms with E-state index in [1.54, 1.807) is 20.2 Å². The van der Waals surface area contributed by atoms with Crippen LogP contribution in [0, 0.1) is 0 Å². The Bertz CT molecular complexity index is 862. The quantitative estimate of drug-likeness (QED) is 0.807. The lowest BCUT2D eigenvalue weighted by atomic mass is 10.3. The Morgan fingerprint density at radius 1 is 1.26 bits per heavy atom. The largest absolute Gasteiger partial charge is 0.419 e. The maximum Gasteiger partial charge on any atom is 0.419 e. The fraction of sp³-hybridized carbons (Fsp3) is 0.533. The SMILES string of the molecule is CN(CCN1CCCC1)S(=O)(=O)c1ccc2c(c1)oc(=O)n2C. The Balaban J connectivity index is 1.81. The molecule has 0 aliphatic carbocycles. The molecule has 8 heteroatoms. The second-order valence-electron chi connectivity index (χ2n) is 5.93. The van der Waals surface area contributed by atoms with Gasteiger partial charge in [0, 0.05) is 33.3 Å². The fourth-order valence-corrected chi connectivity index (χ4v) is 4.04. The van der Waals surface area contributed by atoms with Crippen LogP contribution in [0.2, 0.25) is 0 Å². The van der Waals surface area contributed by atoms with Crippen molar-refractivity contribution in [1.29, 1.82) is 0 Å². The molecule has 23 heavy (non-hydrogen) atoms. The van der Waals surface area contributed by atoms with E-state index in [4.69, 9.17) is 4.42 Å². The topological polar surface area (TPSA) is 75.8 Å². The highest BCUT2D eigenvalue weighted by Gasteiger charge is 2.23. The average Bonchev–Trinajstić information content (AvgIpc) is 3.13. The van der Waals surface area contributed by atoms with Crippen molar-refractivity contribution in [3.8, 4) is 0 Å². The molecule has 0 amide bonds. The second kappa shape index (κ2) is 6.10. The summed E-state index contributed by atoms with van der Waals surface area (Å²) in [5.74, 6) is -0.503. The number of hydrogen-bond donors (Lipinski definition) is 0. The van der Waals surface area contributed by atoms with Gasteiger partial charge in [-0.15, -0.1) is 0 Å². The number of hydrogen-bond acceptors (Lipinski definition) is 5. The summed E-state index contributed by atoms with van der Waals surface area (Å²) in [5, 5.41) is 0. The van der Waals surface area contributed by atoms with E-state index in [0.29, 0.717) is 12.1 Å². The van der Waals surface area contributed by atoms with Gasteiger partial charge in [0.15, 0.2) is 5.58 Å². The lowest BCUT2D eigenvalue weighted by Gasteiger charge is -2.21. The maximum atomic E-state index is 12.7. The zero-order valence-electron chi connectivity index (χ0n) is 13.4. The van der Waals surface area contributed by atoms with E-state index in [1.165, 1.54) is 33.8 Å². The number of aryl methyl sites for hydroxylation is 1. The summed E-state index contributed by atoms with van der Waals surface area (Å²) >= 11 is 0. The highest BCUT2D eigenvalue weighted by atomic mass is 32.2. The van der Waals surface area contributed by atoms with Gasteiger partial charge in [-0.25, -0.2) is 13.2 Å². The van der Waals surface area contributed by atoms with Crippen molar-refractivity contribution >= 4 is 21.1 Å². The Labute approximate surface area is 135 Å². The van der Waals surface area contributed by atoms with Crippen LogP contribution in [0.3, 0.4) is 0 Å². The lowest BCUT2D eigenvalue weighted by molar-refractivity contribution is 0.310. The molecule has 2 aromatic rings. The summed E-state index contributed by atoms with van der Waals surface area (Å²) < 4.78 is 33.1. The van der Waals surface area contributed by atoms with E-state index in [0.717, 1.165) is 19.6 Å². The van der Waals surface area contributed by atoms with Crippen LogP contribution in [-0.2, 0) is 17.1 Å². The molecule has 126 valence electrons. The molecule has 0 spiro atoms. The fourth-order valence-electron chi connectivity index (χ4n) is 2.86. The third-order valence-corrected chi connectivity index (χ3v) is 6.25. The predicted octanol–water partition coefficient (Wildman–Crippen LogP) is 0.848. The first kappa shape index (κ1) is 16.2. The second-order valence-corrected chi connectivity index (χ2v) is 7.98. The van der Waals surface area contributed by atoms with E-state index in [9.17, 15) is 13.2 Å². The van der Waals surface area contributed by atoms with Crippen LogP contribution in [-0.4, -0.2) is 55.4 Å². The van der Waals surface area contributed by atoms with Gasteiger partial charge in [-0.2, -0.15) is 4.31 Å². The number of nitrogens with zero attached hydrogens (tertiary/aromatic N) is 3. The van der Waals surface area contributed by atoms with Crippen LogP contribution in [0.5, 0.6) is 0 Å². The molecule has 0 unspecified atom stereocenters. The van der Waals surface area contributed by atoms with Gasteiger partial charge in [0.1, 0.15) is 0 Å². The average molecular weight is 339 g/mol. The van der Waals surface area contributed by atoms with Crippen molar-refractivity contribution in [1.82, 2.24) is 13.8 Å². The first-order valence-electron chi connectivity index (χ1n) is 7.68. The molecule has 1 saturated heterocycles. The standard InChI is InChI=1S/C15H21N3O4S/c1-16(9-10-18-7-3-4-8-18)23(20,21)12-5-6-13-14(11-12)22-15(19)17(13)2/h5-6,11H,3-4,7-10H2,1-2H3. The number of likely N-dealkylation sites (N-methyl/N-ethyl adjacent to an activating group) is 1. The van der Waals surface area contributed by atoms with Crippen LogP contribution in [0.1, 0.15) is 12.8 Å². The summed E-state index contributed by atoms with van der Waals surface area (Å²) in [6.45, 7) is 3.25. The zero-order chi connectivity index (χ0) is 16.6. The molecule has 0 atom stereocenters. The van der Waals surface area contributed by atoms with Gasteiger partial charge >= 0.3 is 5.76 Å². The minimum atomic E-state index is -3.59. The Morgan fingerprint density at radius 3 is 2.65 bits per heavy atom. The van der Waals surface area contributed by atoms with Gasteiger partial charge in [0.05, 0.1) is 10.4 Å². The molecular weight excluding hydrogens is 318 g/mol. The normalized spacial score (nSPS) is 16.7. The van der Waals surface area contributed by atoms with E-state index in [-0.39, 0.29) is 10.5 Å². The van der Waals surface area contributed by atoms with Crippen LogP contribution < -0.4 is 5.76 Å². The minimum Gasteiger partial charge on any atom is -0.408 e. The predicted molar refractivity (Wildman–Crippen MR) is 86.9 cm³/mol. The van der Waals surface area contributed by atoms with Gasteiger partial charge in [0.2, 0.25) is 10.0 Å². The molecule has 7 nitrogen and oxygen atoms in total. The van der Waals surface area contributed by atoms with Crippen LogP contribution >= 0.6 is 0 Å². The van der Waals surface area contributed by atoms with Gasteiger partial charge in [-0.3, -0.25) is 4.57 Å². The van der Waals surface area contributed by atoms with Crippen molar-refractivity contribution < 1.29 is 12.8 Å². The number of likely N-dealkylation sites (tertiary alicyclic amines) is 1. The van der Waals surface area contributed by atoms with Crippen molar-refractivity contribution in [2.24, 2.45) is 7.05 Å². The van der Waals surface area contributed by atoms with Crippen molar-refractivity contribution in [2.75, 3.05) is 33.2 Å². The minimum absolute atomic E-state index is 0.142. The number of sulfonamides is 1. The molecule has 0 radical (unpaired) electrons. The molecule has 1 aromatic carbocycles. The lowest BCUT2D eigenvalue weighted by Crippen LogP contribution is -2.35. The summed E-state index contributed by atoms with van der Waals surface area (Å²) in [6, 6.07) is 4.53. The van der Waals surface area contributed by atoms with Gasteiger partial charge in [-0.05, 0) is 38.1 Å². The van der Waals surface area contributed by atoms with Crippen molar-refractivity contribution in [2.45, 2.75) is 17.7 Å². The summed E-state index contributed by atoms with van der Waals surface area (Å²) in [6.07, 6.45) is 2.36. The first-order valence-corrected chi connectivity index (χ1v) is 9.12. The molecule has 0 saturated carbocycles. The van der Waals surface area contributed by atoms with Crippen molar-refractivity contribution in [3.05, 3.63) is 28.7 Å². The smallest absolute Gasteiger partial charge is 0.408 e. The summed E-state index contributed by atoms with van der Waals surface area (Å²) in [5.41, 5.74) is 0.861. The number of oxazole rings is 1. The van der Waals surface area contributed by atoms with Gasteiger partial charge < -0.3 is 9.32 Å². The van der Waals surface area contributed by atoms with E-state index in [1.807, 2.05) is 0 Å². The maximum absolute atomic E-state index is 12.7. The first-order chi connectivity index (χ1) is 10.9. The van der Waals surface area contributed by atoms with Gasteiger partial charge in [-0.1, -0.05) is 0 Å². The van der Waals surface area contributed by atoms with Crippen LogP contribution in [0.25, 0.3) is 11.1 Å². The summed E-state index contributed by atoms with van der Waals surface area (Å²) in [4.78, 5) is 13.9. The molecular formula is C15H21N3O4S. The van der Waals surface area contributed by atoms with Crippen LogP contribution in [0.15, 0.2) is 32.3 Å². The number of fused-ring (bicyclic) bond motifs is 1. The molecule has 3 rings (SSSR count). The van der Waals surface area contributed by atoms with E-state index in [2.05, 4.69) is 4.90 Å². The third kappa shape index (κ3) is 3.06. The zero-order valence-corrected chi connectivity index (χ0v) is 14.2. The number of aromatic nitrogens is 1. The molecule has 1 aliphatic rings. The van der Waals surface area contributed by atoms with Crippen molar-refractivity contribution in [3.63, 3.8) is 0 Å². The monoisotopic (exact) mass is 339 g/mol.